The Balaban J connectivity index is 3.43. The van der Waals surface area contributed by atoms with Gasteiger partial charge in [-0.2, -0.15) is 30.7 Å². The molecule has 11 heteroatoms. The van der Waals surface area contributed by atoms with Crippen molar-refractivity contribution in [1.29, 1.82) is 0 Å². The maximum absolute atomic E-state index is 13.3. The van der Waals surface area contributed by atoms with Gasteiger partial charge in [-0.3, -0.25) is 4.79 Å². The summed E-state index contributed by atoms with van der Waals surface area (Å²) in [7, 11) is 1.01. The van der Waals surface area contributed by atoms with Gasteiger partial charge in [-0.05, 0) is 12.1 Å². The number of ketones is 1. The van der Waals surface area contributed by atoms with Crippen molar-refractivity contribution in [3.8, 4) is 5.75 Å². The van der Waals surface area contributed by atoms with E-state index in [9.17, 15) is 35.5 Å². The van der Waals surface area contributed by atoms with Crippen LogP contribution in [0.25, 0.3) is 0 Å². The summed E-state index contributed by atoms with van der Waals surface area (Å²) < 4.78 is 93.1. The van der Waals surface area contributed by atoms with Gasteiger partial charge in [0.25, 0.3) is 0 Å². The Morgan fingerprint density at radius 1 is 1.00 bits per heavy atom. The van der Waals surface area contributed by atoms with Crippen LogP contribution >= 0.6 is 23.2 Å². The van der Waals surface area contributed by atoms with Crippen LogP contribution in [0.4, 0.5) is 30.7 Å². The van der Waals surface area contributed by atoms with Crippen molar-refractivity contribution < 1.29 is 40.3 Å². The highest BCUT2D eigenvalue weighted by molar-refractivity contribution is 6.37. The molecule has 0 fully saturated rings. The molecule has 0 bridgehead atoms. The lowest BCUT2D eigenvalue weighted by atomic mass is 9.99. The van der Waals surface area contributed by atoms with Crippen molar-refractivity contribution in [2.24, 2.45) is 0 Å². The van der Waals surface area contributed by atoms with Gasteiger partial charge in [0.2, 0.25) is 5.78 Å². The molecule has 0 aliphatic carbocycles. The van der Waals surface area contributed by atoms with Gasteiger partial charge in [-0.1, -0.05) is 23.2 Å². The number of hydrogen-bond acceptors (Lipinski definition) is 2. The van der Waals surface area contributed by atoms with Gasteiger partial charge in [0.1, 0.15) is 5.75 Å². The molecule has 0 aliphatic heterocycles. The van der Waals surface area contributed by atoms with Gasteiger partial charge in [0, 0.05) is 5.56 Å². The number of Topliss-reactive ketones (excluding diaryl/α,β-unsaturated/α-hetero) is 1. The summed E-state index contributed by atoms with van der Waals surface area (Å²) in [6.07, 6.45) is -6.63. The first kappa shape index (κ1) is 18.8. The van der Waals surface area contributed by atoms with Gasteiger partial charge in [-0.15, -0.1) is 0 Å². The van der Waals surface area contributed by atoms with Crippen LogP contribution in [0.5, 0.6) is 5.75 Å². The zero-order chi connectivity index (χ0) is 17.5. The molecule has 22 heavy (non-hydrogen) atoms. The lowest BCUT2D eigenvalue weighted by molar-refractivity contribution is -0.339. The van der Waals surface area contributed by atoms with E-state index in [2.05, 4.69) is 4.74 Å². The monoisotopic (exact) mass is 372 g/mol. The summed E-state index contributed by atoms with van der Waals surface area (Å²) in [6.45, 7) is 0. The summed E-state index contributed by atoms with van der Waals surface area (Å²) in [5, 5.41) is -1.08. The van der Waals surface area contributed by atoms with Crippen LogP contribution in [0.15, 0.2) is 12.1 Å². The summed E-state index contributed by atoms with van der Waals surface area (Å²) in [4.78, 5) is 11.4. The van der Waals surface area contributed by atoms with Crippen LogP contribution in [0, 0.1) is 0 Å². The Morgan fingerprint density at radius 3 is 1.91 bits per heavy atom. The Hall–Kier alpha value is -1.22. The minimum atomic E-state index is -6.63. The van der Waals surface area contributed by atoms with Crippen LogP contribution in [0.3, 0.4) is 0 Å². The first-order valence-corrected chi connectivity index (χ1v) is 5.93. The van der Waals surface area contributed by atoms with E-state index in [1.54, 1.807) is 0 Å². The number of alkyl halides is 7. The summed E-state index contributed by atoms with van der Waals surface area (Å²) in [5.74, 6) is -15.9. The highest BCUT2D eigenvalue weighted by Crippen LogP contribution is 2.48. The second-order valence-corrected chi connectivity index (χ2v) is 4.76. The SMILES string of the molecule is COc1cc(C(=O)C(F)(F)C(F)(F)C(F)(F)F)c(Cl)cc1Cl. The van der Waals surface area contributed by atoms with E-state index >= 15 is 0 Å². The van der Waals surface area contributed by atoms with E-state index in [0.717, 1.165) is 7.11 Å². The van der Waals surface area contributed by atoms with Crippen molar-refractivity contribution in [1.82, 2.24) is 0 Å². The van der Waals surface area contributed by atoms with Gasteiger partial charge in [-0.25, -0.2) is 0 Å². The summed E-state index contributed by atoms with van der Waals surface area (Å²) >= 11 is 11.0. The fraction of sp³-hybridized carbons (Fsp3) is 0.364. The number of ether oxygens (including phenoxy) is 1. The first-order chi connectivity index (χ1) is 9.77. The molecule has 0 aromatic heterocycles. The topological polar surface area (TPSA) is 26.3 Å². The largest absolute Gasteiger partial charge is 0.495 e. The van der Waals surface area contributed by atoms with Crippen molar-refractivity contribution in [2.75, 3.05) is 7.11 Å². The van der Waals surface area contributed by atoms with Crippen LogP contribution in [0.2, 0.25) is 10.0 Å². The van der Waals surface area contributed by atoms with Crippen molar-refractivity contribution in [3.63, 3.8) is 0 Å². The Labute approximate surface area is 128 Å². The molecule has 124 valence electrons. The summed E-state index contributed by atoms with van der Waals surface area (Å²) in [5.41, 5.74) is -1.28. The second kappa shape index (κ2) is 5.77. The molecular weight excluding hydrogens is 368 g/mol. The predicted octanol–water partition coefficient (Wildman–Crippen LogP) is 5.02. The first-order valence-electron chi connectivity index (χ1n) is 5.17. The van der Waals surface area contributed by atoms with E-state index in [-0.39, 0.29) is 5.02 Å². The van der Waals surface area contributed by atoms with Gasteiger partial charge in [0.05, 0.1) is 17.2 Å². The number of benzene rings is 1. The van der Waals surface area contributed by atoms with Crippen molar-refractivity contribution >= 4 is 29.0 Å². The van der Waals surface area contributed by atoms with E-state index in [1.807, 2.05) is 0 Å². The molecule has 0 amide bonds. The molecule has 0 spiro atoms. The molecule has 1 rings (SSSR count). The normalized spacial score (nSPS) is 13.2. The van der Waals surface area contributed by atoms with Crippen molar-refractivity contribution in [3.05, 3.63) is 27.7 Å². The highest BCUT2D eigenvalue weighted by Gasteiger charge is 2.76. The minimum absolute atomic E-state index is 0.255. The Morgan fingerprint density at radius 2 is 1.50 bits per heavy atom. The third kappa shape index (κ3) is 2.96. The third-order valence-electron chi connectivity index (χ3n) is 2.52. The quantitative estimate of drug-likeness (QED) is 0.548. The average molecular weight is 373 g/mol. The number of rotatable bonds is 4. The highest BCUT2D eigenvalue weighted by atomic mass is 35.5. The van der Waals surface area contributed by atoms with Crippen LogP contribution < -0.4 is 4.74 Å². The predicted molar refractivity (Wildman–Crippen MR) is 63.3 cm³/mol. The fourth-order valence-electron chi connectivity index (χ4n) is 1.35. The molecule has 2 nitrogen and oxygen atoms in total. The third-order valence-corrected chi connectivity index (χ3v) is 3.13. The number of carbonyl (C=O) groups is 1. The number of hydrogen-bond donors (Lipinski definition) is 0. The van der Waals surface area contributed by atoms with Crippen LogP contribution in [-0.2, 0) is 0 Å². The minimum Gasteiger partial charge on any atom is -0.495 e. The number of methoxy groups -OCH3 is 1. The second-order valence-electron chi connectivity index (χ2n) is 3.94. The smallest absolute Gasteiger partial charge is 0.460 e. The average Bonchev–Trinajstić information content (AvgIpc) is 2.36. The molecule has 0 saturated carbocycles. The Kier molecular flexibility index (Phi) is 4.94. The molecule has 0 atom stereocenters. The Bertz CT molecular complexity index is 599. The number of carbonyl (C=O) groups excluding carboxylic acids is 1. The van der Waals surface area contributed by atoms with Gasteiger partial charge < -0.3 is 4.74 Å². The zero-order valence-corrected chi connectivity index (χ0v) is 11.9. The molecule has 0 radical (unpaired) electrons. The summed E-state index contributed by atoms with van der Waals surface area (Å²) in [6, 6.07) is 1.16. The molecule has 1 aromatic carbocycles. The molecular formula is C11H5Cl2F7O2. The van der Waals surface area contributed by atoms with E-state index in [0.29, 0.717) is 12.1 Å². The molecule has 0 N–H and O–H groups in total. The molecule has 0 heterocycles. The molecule has 0 saturated heterocycles. The maximum Gasteiger partial charge on any atom is 0.460 e. The zero-order valence-electron chi connectivity index (χ0n) is 10.4. The van der Waals surface area contributed by atoms with Crippen LogP contribution in [0.1, 0.15) is 10.4 Å². The molecule has 0 unspecified atom stereocenters. The van der Waals surface area contributed by atoms with E-state index in [1.165, 1.54) is 0 Å². The lowest BCUT2D eigenvalue weighted by Gasteiger charge is -2.27. The molecule has 0 aliphatic rings. The lowest BCUT2D eigenvalue weighted by Crippen LogP contribution is -2.56. The standard InChI is InChI=1S/C11H5Cl2F7O2/c1-22-7-2-4(5(12)3-6(7)13)8(21)9(14,15)10(16,17)11(18,19)20/h2-3H,1H3. The van der Waals surface area contributed by atoms with Crippen molar-refractivity contribution in [2.45, 2.75) is 18.0 Å². The maximum atomic E-state index is 13.3. The van der Waals surface area contributed by atoms with Gasteiger partial charge >= 0.3 is 18.0 Å². The van der Waals surface area contributed by atoms with E-state index < -0.39 is 40.1 Å². The molecule has 1 aromatic rings. The number of halogens is 9. The van der Waals surface area contributed by atoms with Gasteiger partial charge in [0.15, 0.2) is 0 Å². The van der Waals surface area contributed by atoms with E-state index in [4.69, 9.17) is 23.2 Å². The fourth-order valence-corrected chi connectivity index (χ4v) is 1.90. The van der Waals surface area contributed by atoms with Crippen LogP contribution in [-0.4, -0.2) is 30.9 Å².